The number of Topliss-reactive ketones (excluding diaryl/α,β-unsaturated/α-hetero) is 1. The molecule has 0 aromatic heterocycles. The molecule has 0 saturated heterocycles. The molecule has 1 aliphatic heterocycles. The molecule has 3 aromatic rings. The second kappa shape index (κ2) is 8.08. The third-order valence-corrected chi connectivity index (χ3v) is 4.61. The number of ketones is 1. The number of fused-ring (bicyclic) bond motifs is 1. The van der Waals surface area contributed by atoms with Gasteiger partial charge in [-0.2, -0.15) is 0 Å². The van der Waals surface area contributed by atoms with Gasteiger partial charge in [-0.15, -0.1) is 0 Å². The molecule has 0 atom stereocenters. The number of nitrogens with zero attached hydrogens (tertiary/aromatic N) is 1. The van der Waals surface area contributed by atoms with E-state index in [1.165, 1.54) is 12.1 Å². The highest BCUT2D eigenvalue weighted by molar-refractivity contribution is 6.14. The Labute approximate surface area is 172 Å². The number of nitro benzene ring substituents is 1. The molecule has 1 aliphatic rings. The lowest BCUT2D eigenvalue weighted by molar-refractivity contribution is -0.384. The van der Waals surface area contributed by atoms with E-state index >= 15 is 0 Å². The zero-order valence-corrected chi connectivity index (χ0v) is 16.0. The van der Waals surface area contributed by atoms with Crippen molar-refractivity contribution in [3.63, 3.8) is 0 Å². The Morgan fingerprint density at radius 3 is 2.37 bits per heavy atom. The summed E-state index contributed by atoms with van der Waals surface area (Å²) in [7, 11) is 1.59. The van der Waals surface area contributed by atoms with Gasteiger partial charge in [-0.3, -0.25) is 14.9 Å². The zero-order chi connectivity index (χ0) is 21.1. The Hall–Kier alpha value is -4.13. The Bertz CT molecular complexity index is 1130. The molecule has 0 N–H and O–H groups in total. The fraction of sp³-hybridized carbons (Fsp3) is 0.0870. The van der Waals surface area contributed by atoms with Crippen LogP contribution in [-0.4, -0.2) is 17.8 Å². The predicted molar refractivity (Wildman–Crippen MR) is 110 cm³/mol. The van der Waals surface area contributed by atoms with Gasteiger partial charge in [-0.1, -0.05) is 12.1 Å². The molecular formula is C23H17NO6. The number of non-ortho nitro benzene ring substituents is 1. The molecule has 1 heterocycles. The van der Waals surface area contributed by atoms with Gasteiger partial charge in [-0.05, 0) is 53.6 Å². The van der Waals surface area contributed by atoms with Crippen molar-refractivity contribution in [1.29, 1.82) is 0 Å². The van der Waals surface area contributed by atoms with Crippen LogP contribution in [0.2, 0.25) is 0 Å². The minimum Gasteiger partial charge on any atom is -0.497 e. The normalized spacial score (nSPS) is 13.6. The summed E-state index contributed by atoms with van der Waals surface area (Å²) >= 11 is 0. The van der Waals surface area contributed by atoms with Gasteiger partial charge in [-0.25, -0.2) is 0 Å². The number of allylic oxidation sites excluding steroid dienone is 1. The first-order valence-corrected chi connectivity index (χ1v) is 9.12. The molecule has 0 bridgehead atoms. The second-order valence-electron chi connectivity index (χ2n) is 6.58. The SMILES string of the molecule is COc1ccc(/C=C2\Oc3cc(OCc4ccc([N+](=O)[O-])cc4)ccc3C2=O)cc1. The minimum absolute atomic E-state index is 0.0272. The molecule has 0 radical (unpaired) electrons. The molecule has 150 valence electrons. The van der Waals surface area contributed by atoms with Crippen LogP contribution in [0.25, 0.3) is 6.08 Å². The molecular weight excluding hydrogens is 386 g/mol. The summed E-state index contributed by atoms with van der Waals surface area (Å²) in [6.45, 7) is 0.235. The van der Waals surface area contributed by atoms with E-state index < -0.39 is 4.92 Å². The van der Waals surface area contributed by atoms with Gasteiger partial charge in [0.25, 0.3) is 5.69 Å². The van der Waals surface area contributed by atoms with E-state index in [4.69, 9.17) is 14.2 Å². The Morgan fingerprint density at radius 2 is 1.70 bits per heavy atom. The van der Waals surface area contributed by atoms with E-state index in [-0.39, 0.29) is 23.8 Å². The van der Waals surface area contributed by atoms with Gasteiger partial charge >= 0.3 is 0 Å². The molecule has 4 rings (SSSR count). The number of hydrogen-bond donors (Lipinski definition) is 0. The maximum Gasteiger partial charge on any atom is 0.269 e. The molecule has 0 unspecified atom stereocenters. The number of methoxy groups -OCH3 is 1. The lowest BCUT2D eigenvalue weighted by Gasteiger charge is -2.07. The van der Waals surface area contributed by atoms with Crippen molar-refractivity contribution < 1.29 is 23.9 Å². The van der Waals surface area contributed by atoms with Crippen LogP contribution in [0.1, 0.15) is 21.5 Å². The lowest BCUT2D eigenvalue weighted by Crippen LogP contribution is -1.98. The highest BCUT2D eigenvalue weighted by Crippen LogP contribution is 2.35. The van der Waals surface area contributed by atoms with Crippen LogP contribution in [-0.2, 0) is 6.61 Å². The first kappa shape index (κ1) is 19.2. The number of nitro groups is 1. The average molecular weight is 403 g/mol. The van der Waals surface area contributed by atoms with Crippen molar-refractivity contribution in [3.8, 4) is 17.2 Å². The van der Waals surface area contributed by atoms with Crippen LogP contribution in [0.5, 0.6) is 17.2 Å². The van der Waals surface area contributed by atoms with Gasteiger partial charge < -0.3 is 14.2 Å². The van der Waals surface area contributed by atoms with Gasteiger partial charge in [0, 0.05) is 18.2 Å². The van der Waals surface area contributed by atoms with Crippen molar-refractivity contribution >= 4 is 17.5 Å². The zero-order valence-electron chi connectivity index (χ0n) is 16.0. The second-order valence-corrected chi connectivity index (χ2v) is 6.58. The van der Waals surface area contributed by atoms with E-state index in [2.05, 4.69) is 0 Å². The fourth-order valence-electron chi connectivity index (χ4n) is 2.99. The summed E-state index contributed by atoms with van der Waals surface area (Å²) < 4.78 is 16.6. The molecule has 30 heavy (non-hydrogen) atoms. The molecule has 0 aliphatic carbocycles. The molecule has 0 amide bonds. The van der Waals surface area contributed by atoms with E-state index in [0.717, 1.165) is 16.9 Å². The monoisotopic (exact) mass is 403 g/mol. The summed E-state index contributed by atoms with van der Waals surface area (Å²) in [5, 5.41) is 10.7. The number of carbonyl (C=O) groups is 1. The molecule has 0 fully saturated rings. The first-order chi connectivity index (χ1) is 14.5. The topological polar surface area (TPSA) is 87.9 Å². The number of hydrogen-bond acceptors (Lipinski definition) is 6. The molecule has 0 spiro atoms. The van der Waals surface area contributed by atoms with E-state index in [1.54, 1.807) is 43.5 Å². The summed E-state index contributed by atoms with van der Waals surface area (Å²) in [5.74, 6) is 1.74. The third-order valence-electron chi connectivity index (χ3n) is 4.61. The molecule has 7 nitrogen and oxygen atoms in total. The third kappa shape index (κ3) is 4.00. The van der Waals surface area contributed by atoms with Crippen molar-refractivity contribution in [1.82, 2.24) is 0 Å². The lowest BCUT2D eigenvalue weighted by atomic mass is 10.1. The van der Waals surface area contributed by atoms with Crippen LogP contribution in [0.3, 0.4) is 0 Å². The number of rotatable bonds is 6. The highest BCUT2D eigenvalue weighted by atomic mass is 16.6. The summed E-state index contributed by atoms with van der Waals surface area (Å²) in [4.78, 5) is 22.9. The fourth-order valence-corrected chi connectivity index (χ4v) is 2.99. The molecule has 0 saturated carbocycles. The van der Waals surface area contributed by atoms with Gasteiger partial charge in [0.05, 0.1) is 17.6 Å². The maximum absolute atomic E-state index is 12.6. The highest BCUT2D eigenvalue weighted by Gasteiger charge is 2.27. The summed E-state index contributed by atoms with van der Waals surface area (Å²) in [6, 6.07) is 18.5. The quantitative estimate of drug-likeness (QED) is 0.334. The molecule has 3 aromatic carbocycles. The first-order valence-electron chi connectivity index (χ1n) is 9.12. The predicted octanol–water partition coefficient (Wildman–Crippen LogP) is 4.80. The molecule has 7 heteroatoms. The standard InChI is InChI=1S/C23H17NO6/c1-28-18-8-4-15(5-9-18)12-22-23(25)20-11-10-19(13-21(20)30-22)29-14-16-2-6-17(7-3-16)24(26)27/h2-13H,14H2,1H3/b22-12-. The van der Waals surface area contributed by atoms with Crippen LogP contribution < -0.4 is 14.2 Å². The Morgan fingerprint density at radius 1 is 1.00 bits per heavy atom. The van der Waals surface area contributed by atoms with Crippen molar-refractivity contribution in [3.05, 3.63) is 99.3 Å². The van der Waals surface area contributed by atoms with Crippen molar-refractivity contribution in [2.45, 2.75) is 6.61 Å². The van der Waals surface area contributed by atoms with E-state index in [0.29, 0.717) is 17.1 Å². The van der Waals surface area contributed by atoms with Gasteiger partial charge in [0.15, 0.2) is 5.76 Å². The van der Waals surface area contributed by atoms with Crippen LogP contribution in [0.15, 0.2) is 72.5 Å². The number of benzene rings is 3. The Kier molecular flexibility index (Phi) is 5.17. The van der Waals surface area contributed by atoms with Gasteiger partial charge in [0.1, 0.15) is 23.9 Å². The number of ether oxygens (including phenoxy) is 3. The van der Waals surface area contributed by atoms with E-state index in [1.807, 2.05) is 24.3 Å². The summed E-state index contributed by atoms with van der Waals surface area (Å²) in [6.07, 6.45) is 1.68. The minimum atomic E-state index is -0.448. The maximum atomic E-state index is 12.6. The number of carbonyl (C=O) groups excluding carboxylic acids is 1. The van der Waals surface area contributed by atoms with Crippen LogP contribution in [0.4, 0.5) is 5.69 Å². The average Bonchev–Trinajstić information content (AvgIpc) is 3.07. The largest absolute Gasteiger partial charge is 0.497 e. The summed E-state index contributed by atoms with van der Waals surface area (Å²) in [5.41, 5.74) is 2.11. The van der Waals surface area contributed by atoms with Crippen molar-refractivity contribution in [2.24, 2.45) is 0 Å². The van der Waals surface area contributed by atoms with Crippen LogP contribution >= 0.6 is 0 Å². The van der Waals surface area contributed by atoms with Crippen molar-refractivity contribution in [2.75, 3.05) is 7.11 Å². The van der Waals surface area contributed by atoms with E-state index in [9.17, 15) is 14.9 Å². The smallest absolute Gasteiger partial charge is 0.269 e. The Balaban J connectivity index is 1.46. The van der Waals surface area contributed by atoms with Gasteiger partial charge in [0.2, 0.25) is 5.78 Å². The van der Waals surface area contributed by atoms with Crippen LogP contribution in [0, 0.1) is 10.1 Å².